The molecule has 0 fully saturated rings. The van der Waals surface area contributed by atoms with Crippen molar-refractivity contribution in [1.82, 2.24) is 10.2 Å². The highest BCUT2D eigenvalue weighted by Gasteiger charge is 1.89. The van der Waals surface area contributed by atoms with E-state index in [0.29, 0.717) is 6.42 Å². The van der Waals surface area contributed by atoms with Gasteiger partial charge in [-0.1, -0.05) is 0 Å². The van der Waals surface area contributed by atoms with Crippen LogP contribution in [-0.2, 0) is 11.2 Å². The molecule has 0 aliphatic carbocycles. The molecule has 3 heteroatoms. The second-order valence-electron chi connectivity index (χ2n) is 1.79. The molecule has 0 aliphatic heterocycles. The molecule has 0 amide bonds. The molecule has 1 aromatic rings. The SMILES string of the molecule is O=CCCc1ccn[nH]1. The summed E-state index contributed by atoms with van der Waals surface area (Å²) in [5.74, 6) is 0. The highest BCUT2D eigenvalue weighted by atomic mass is 16.1. The van der Waals surface area contributed by atoms with Crippen molar-refractivity contribution in [1.29, 1.82) is 0 Å². The number of aldehydes is 1. The summed E-state index contributed by atoms with van der Waals surface area (Å²) in [4.78, 5) is 9.87. The predicted octanol–water partition coefficient (Wildman–Crippen LogP) is 0.541. The van der Waals surface area contributed by atoms with Crippen LogP contribution >= 0.6 is 0 Å². The standard InChI is InChI=1S/C6H8N2O/c9-5-1-2-6-3-4-7-8-6/h3-5H,1-2H2,(H,7,8). The second-order valence-corrected chi connectivity index (χ2v) is 1.79. The number of carbonyl (C=O) groups is 1. The summed E-state index contributed by atoms with van der Waals surface area (Å²) >= 11 is 0. The van der Waals surface area contributed by atoms with E-state index < -0.39 is 0 Å². The third-order valence-electron chi connectivity index (χ3n) is 1.09. The number of hydrogen-bond donors (Lipinski definition) is 1. The van der Waals surface area contributed by atoms with Gasteiger partial charge in [-0.15, -0.1) is 0 Å². The molecule has 1 N–H and O–H groups in total. The Morgan fingerprint density at radius 1 is 1.78 bits per heavy atom. The molecular formula is C6H8N2O. The van der Waals surface area contributed by atoms with Crippen molar-refractivity contribution in [2.24, 2.45) is 0 Å². The minimum Gasteiger partial charge on any atom is -0.303 e. The van der Waals surface area contributed by atoms with E-state index in [1.54, 1.807) is 6.20 Å². The summed E-state index contributed by atoms with van der Waals surface area (Å²) in [6, 6.07) is 1.86. The lowest BCUT2D eigenvalue weighted by atomic mass is 10.2. The van der Waals surface area contributed by atoms with Gasteiger partial charge in [0.15, 0.2) is 0 Å². The van der Waals surface area contributed by atoms with Crippen LogP contribution in [0, 0.1) is 0 Å². The Bertz CT molecular complexity index is 169. The van der Waals surface area contributed by atoms with Crippen LogP contribution in [0.5, 0.6) is 0 Å². The number of hydrogen-bond acceptors (Lipinski definition) is 2. The van der Waals surface area contributed by atoms with E-state index in [4.69, 9.17) is 0 Å². The number of nitrogens with zero attached hydrogens (tertiary/aromatic N) is 1. The molecule has 48 valence electrons. The summed E-state index contributed by atoms with van der Waals surface area (Å²) in [6.07, 6.45) is 3.92. The van der Waals surface area contributed by atoms with Crippen molar-refractivity contribution < 1.29 is 4.79 Å². The van der Waals surface area contributed by atoms with Crippen molar-refractivity contribution in [3.8, 4) is 0 Å². The van der Waals surface area contributed by atoms with E-state index in [9.17, 15) is 4.79 Å². The topological polar surface area (TPSA) is 45.8 Å². The Balaban J connectivity index is 2.38. The first-order valence-corrected chi connectivity index (χ1v) is 2.85. The zero-order valence-corrected chi connectivity index (χ0v) is 5.00. The van der Waals surface area contributed by atoms with Crippen molar-refractivity contribution in [3.63, 3.8) is 0 Å². The van der Waals surface area contributed by atoms with Crippen LogP contribution in [0.4, 0.5) is 0 Å². The third kappa shape index (κ3) is 1.68. The molecule has 0 atom stereocenters. The fourth-order valence-corrected chi connectivity index (χ4v) is 0.638. The van der Waals surface area contributed by atoms with Crippen LogP contribution in [0.2, 0.25) is 0 Å². The van der Waals surface area contributed by atoms with Crippen molar-refractivity contribution in [2.75, 3.05) is 0 Å². The fraction of sp³-hybridized carbons (Fsp3) is 0.333. The average molecular weight is 124 g/mol. The second kappa shape index (κ2) is 3.02. The minimum atomic E-state index is 0.572. The van der Waals surface area contributed by atoms with Gasteiger partial charge in [0.25, 0.3) is 0 Å². The molecule has 0 aliphatic rings. The number of rotatable bonds is 3. The van der Waals surface area contributed by atoms with E-state index in [1.807, 2.05) is 6.07 Å². The summed E-state index contributed by atoms with van der Waals surface area (Å²) in [5.41, 5.74) is 1.02. The van der Waals surface area contributed by atoms with E-state index in [1.165, 1.54) is 0 Å². The van der Waals surface area contributed by atoms with Crippen LogP contribution in [0.15, 0.2) is 12.3 Å². The van der Waals surface area contributed by atoms with Gasteiger partial charge in [0.1, 0.15) is 6.29 Å². The molecule has 1 heterocycles. The predicted molar refractivity (Wildman–Crippen MR) is 33.0 cm³/mol. The summed E-state index contributed by atoms with van der Waals surface area (Å²) in [5, 5.41) is 6.50. The van der Waals surface area contributed by atoms with Gasteiger partial charge >= 0.3 is 0 Å². The monoisotopic (exact) mass is 124 g/mol. The molecule has 0 bridgehead atoms. The zero-order valence-electron chi connectivity index (χ0n) is 5.00. The molecule has 0 saturated heterocycles. The zero-order chi connectivity index (χ0) is 6.53. The first-order chi connectivity index (χ1) is 4.43. The van der Waals surface area contributed by atoms with Gasteiger partial charge in [0.05, 0.1) is 0 Å². The van der Waals surface area contributed by atoms with Gasteiger partial charge in [-0.05, 0) is 12.5 Å². The first kappa shape index (κ1) is 6.01. The number of carbonyl (C=O) groups excluding carboxylic acids is 1. The van der Waals surface area contributed by atoms with Gasteiger partial charge in [-0.3, -0.25) is 5.10 Å². The summed E-state index contributed by atoms with van der Waals surface area (Å²) in [7, 11) is 0. The van der Waals surface area contributed by atoms with Crippen molar-refractivity contribution >= 4 is 6.29 Å². The van der Waals surface area contributed by atoms with Crippen LogP contribution in [-0.4, -0.2) is 16.5 Å². The maximum atomic E-state index is 9.87. The van der Waals surface area contributed by atoms with Gasteiger partial charge in [-0.2, -0.15) is 5.10 Å². The maximum absolute atomic E-state index is 9.87. The van der Waals surface area contributed by atoms with Crippen molar-refractivity contribution in [2.45, 2.75) is 12.8 Å². The smallest absolute Gasteiger partial charge is 0.120 e. The lowest BCUT2D eigenvalue weighted by Crippen LogP contribution is -1.85. The van der Waals surface area contributed by atoms with Crippen LogP contribution in [0.1, 0.15) is 12.1 Å². The first-order valence-electron chi connectivity index (χ1n) is 2.85. The normalized spacial score (nSPS) is 9.33. The Hall–Kier alpha value is -1.12. The van der Waals surface area contributed by atoms with Gasteiger partial charge < -0.3 is 4.79 Å². The fourth-order valence-electron chi connectivity index (χ4n) is 0.638. The Morgan fingerprint density at radius 3 is 3.22 bits per heavy atom. The maximum Gasteiger partial charge on any atom is 0.120 e. The Labute approximate surface area is 53.1 Å². The van der Waals surface area contributed by atoms with E-state index in [2.05, 4.69) is 10.2 Å². The molecule has 1 rings (SSSR count). The molecule has 1 aromatic heterocycles. The van der Waals surface area contributed by atoms with Crippen LogP contribution < -0.4 is 0 Å². The quantitative estimate of drug-likeness (QED) is 0.598. The van der Waals surface area contributed by atoms with E-state index >= 15 is 0 Å². The number of H-pyrrole nitrogens is 1. The summed E-state index contributed by atoms with van der Waals surface area (Å²) in [6.45, 7) is 0. The van der Waals surface area contributed by atoms with E-state index in [-0.39, 0.29) is 0 Å². The Kier molecular flexibility index (Phi) is 2.01. The van der Waals surface area contributed by atoms with Crippen LogP contribution in [0.25, 0.3) is 0 Å². The number of aromatic nitrogens is 2. The third-order valence-corrected chi connectivity index (χ3v) is 1.09. The molecule has 0 aromatic carbocycles. The van der Waals surface area contributed by atoms with Gasteiger partial charge in [0, 0.05) is 18.3 Å². The largest absolute Gasteiger partial charge is 0.303 e. The molecule has 0 radical (unpaired) electrons. The number of aromatic amines is 1. The van der Waals surface area contributed by atoms with Crippen LogP contribution in [0.3, 0.4) is 0 Å². The Morgan fingerprint density at radius 2 is 2.67 bits per heavy atom. The molecular weight excluding hydrogens is 116 g/mol. The van der Waals surface area contributed by atoms with Gasteiger partial charge in [0.2, 0.25) is 0 Å². The highest BCUT2D eigenvalue weighted by molar-refractivity contribution is 5.49. The minimum absolute atomic E-state index is 0.572. The number of nitrogens with one attached hydrogen (secondary N) is 1. The summed E-state index contributed by atoms with van der Waals surface area (Å²) < 4.78 is 0. The lowest BCUT2D eigenvalue weighted by molar-refractivity contribution is -0.107. The molecule has 9 heavy (non-hydrogen) atoms. The van der Waals surface area contributed by atoms with E-state index in [0.717, 1.165) is 18.4 Å². The average Bonchev–Trinajstić information content (AvgIpc) is 2.34. The molecule has 0 spiro atoms. The molecule has 3 nitrogen and oxygen atoms in total. The number of aryl methyl sites for hydroxylation is 1. The van der Waals surface area contributed by atoms with Gasteiger partial charge in [-0.25, -0.2) is 0 Å². The lowest BCUT2D eigenvalue weighted by Gasteiger charge is -1.85. The molecule has 0 saturated carbocycles. The van der Waals surface area contributed by atoms with Crippen molar-refractivity contribution in [3.05, 3.63) is 18.0 Å². The molecule has 0 unspecified atom stereocenters. The highest BCUT2D eigenvalue weighted by Crippen LogP contribution is 1.93.